The Labute approximate surface area is 232 Å². The smallest absolute Gasteiger partial charge is 0.306 e. The van der Waals surface area contributed by atoms with Crippen LogP contribution in [0.15, 0.2) is 0 Å². The number of hydrogen-bond donors (Lipinski definition) is 4. The van der Waals surface area contributed by atoms with Gasteiger partial charge in [0.25, 0.3) is 0 Å². The van der Waals surface area contributed by atoms with Crippen molar-refractivity contribution < 1.29 is 30.8 Å². The number of rotatable bonds is 28. The highest BCUT2D eigenvalue weighted by molar-refractivity contribution is 5.86. The first-order valence-corrected chi connectivity index (χ1v) is 15.2. The number of amides is 1. The second-order valence-corrected chi connectivity index (χ2v) is 10.9. The van der Waals surface area contributed by atoms with E-state index in [4.69, 9.17) is 15.9 Å². The number of nitrogens with one attached hydrogen (secondary N) is 1. The van der Waals surface area contributed by atoms with Crippen LogP contribution in [-0.4, -0.2) is 46.9 Å². The number of aliphatic carboxylic acids is 2. The fourth-order valence-corrected chi connectivity index (χ4v) is 4.66. The Hall–Kier alpha value is -1.96. The molecule has 0 saturated heterocycles. The Morgan fingerprint density at radius 2 is 1.18 bits per heavy atom. The molecule has 0 aliphatic heterocycles. The fraction of sp³-hybridized carbons (Fsp3) is 0.867. The molecule has 0 aromatic carbocycles. The number of carbonyl (C=O) groups is 4. The van der Waals surface area contributed by atoms with Gasteiger partial charge in [-0.2, -0.15) is 0 Å². The van der Waals surface area contributed by atoms with Gasteiger partial charge in [0.2, 0.25) is 5.91 Å². The molecule has 0 spiro atoms. The molecule has 5 N–H and O–H groups in total. The third-order valence-electron chi connectivity index (χ3n) is 7.23. The van der Waals surface area contributed by atoms with Gasteiger partial charge in [-0.15, -0.1) is 0 Å². The molecule has 0 bridgehead atoms. The molecule has 8 nitrogen and oxygen atoms in total. The van der Waals surface area contributed by atoms with Gasteiger partial charge in [0, 0.05) is 33.2 Å². The normalized spacial score (nSPS) is 12.7. The van der Waals surface area contributed by atoms with Crippen LogP contribution in [0.5, 0.6) is 0 Å². The van der Waals surface area contributed by atoms with Crippen molar-refractivity contribution >= 4 is 23.6 Å². The summed E-state index contributed by atoms with van der Waals surface area (Å²) in [6.45, 7) is 2.79. The summed E-state index contributed by atoms with van der Waals surface area (Å²) in [4.78, 5) is 46.6. The van der Waals surface area contributed by atoms with E-state index in [-0.39, 0.29) is 31.4 Å². The van der Waals surface area contributed by atoms with Crippen molar-refractivity contribution in [3.8, 4) is 0 Å². The number of carboxylic acid groups (broad SMARTS) is 2. The lowest BCUT2D eigenvalue weighted by molar-refractivity contribution is -0.141. The largest absolute Gasteiger partial charge is 0.481 e. The third kappa shape index (κ3) is 23.2. The van der Waals surface area contributed by atoms with E-state index in [0.29, 0.717) is 38.8 Å². The molecule has 0 saturated carbocycles. The van der Waals surface area contributed by atoms with Crippen LogP contribution in [0.3, 0.4) is 0 Å². The van der Waals surface area contributed by atoms with E-state index in [1.807, 2.05) is 0 Å². The summed E-state index contributed by atoms with van der Waals surface area (Å²) < 4.78 is 0. The van der Waals surface area contributed by atoms with Crippen LogP contribution in [0.2, 0.25) is 0 Å². The Morgan fingerprint density at radius 1 is 0.684 bits per heavy atom. The maximum atomic E-state index is 12.7. The number of carboxylic acids is 2. The van der Waals surface area contributed by atoms with Crippen molar-refractivity contribution in [1.82, 2.24) is 5.32 Å². The lowest BCUT2D eigenvalue weighted by atomic mass is 9.93. The maximum Gasteiger partial charge on any atom is 0.306 e. The average molecular weight is 543 g/mol. The molecule has 0 unspecified atom stereocenters. The van der Waals surface area contributed by atoms with E-state index in [2.05, 4.69) is 5.32 Å². The Morgan fingerprint density at radius 3 is 1.68 bits per heavy atom. The topological polar surface area (TPSA) is 147 Å². The first-order valence-electron chi connectivity index (χ1n) is 15.2. The molecule has 0 aromatic rings. The summed E-state index contributed by atoms with van der Waals surface area (Å²) in [7, 11) is 0. The van der Waals surface area contributed by atoms with Gasteiger partial charge in [0.05, 0.1) is 5.92 Å². The van der Waals surface area contributed by atoms with Gasteiger partial charge in [-0.25, -0.2) is 0 Å². The molecule has 0 aliphatic carbocycles. The van der Waals surface area contributed by atoms with Crippen LogP contribution in [0.4, 0.5) is 0 Å². The van der Waals surface area contributed by atoms with Crippen molar-refractivity contribution in [2.24, 2.45) is 17.6 Å². The molecule has 1 amide bonds. The number of nitrogens with two attached hydrogens (primary N) is 1. The van der Waals surface area contributed by atoms with Crippen molar-refractivity contribution in [3.05, 3.63) is 0 Å². The first-order chi connectivity index (χ1) is 18.3. The molecule has 2 atom stereocenters. The summed E-state index contributed by atoms with van der Waals surface area (Å²) in [5, 5.41) is 20.5. The molecule has 0 aliphatic rings. The lowest BCUT2D eigenvalue weighted by Gasteiger charge is -2.16. The predicted octanol–water partition coefficient (Wildman–Crippen LogP) is 6.49. The molecule has 38 heavy (non-hydrogen) atoms. The lowest BCUT2D eigenvalue weighted by Crippen LogP contribution is -2.33. The van der Waals surface area contributed by atoms with E-state index in [1.165, 1.54) is 38.5 Å². The number of ketones is 1. The van der Waals surface area contributed by atoms with Crippen molar-refractivity contribution in [1.29, 1.82) is 0 Å². The number of hydrogen-bond acceptors (Lipinski definition) is 5. The molecule has 0 rings (SSSR count). The Balaban J connectivity index is 0. The minimum absolute atomic E-state index is 0. The van der Waals surface area contributed by atoms with Gasteiger partial charge in [0.1, 0.15) is 5.78 Å². The zero-order valence-corrected chi connectivity index (χ0v) is 24.0. The SMILES string of the molecule is C[C@@H](CCCCNC(=O)[C@H](CCCCN)CC(=O)CCCCCCCCCCCCCCC(=O)O)C(=O)O.[HH]. The maximum absolute atomic E-state index is 12.7. The highest BCUT2D eigenvalue weighted by Gasteiger charge is 2.21. The third-order valence-corrected chi connectivity index (χ3v) is 7.23. The number of unbranched alkanes of at least 4 members (excludes halogenated alkanes) is 13. The summed E-state index contributed by atoms with van der Waals surface area (Å²) in [6, 6.07) is 0. The molecular weight excluding hydrogens is 484 g/mol. The van der Waals surface area contributed by atoms with Gasteiger partial charge < -0.3 is 21.3 Å². The summed E-state index contributed by atoms with van der Waals surface area (Å²) in [5.74, 6) is -2.06. The van der Waals surface area contributed by atoms with Gasteiger partial charge >= 0.3 is 11.9 Å². The van der Waals surface area contributed by atoms with E-state index in [9.17, 15) is 19.2 Å². The minimum atomic E-state index is -0.790. The van der Waals surface area contributed by atoms with Crippen molar-refractivity contribution in [2.75, 3.05) is 13.1 Å². The fourth-order valence-electron chi connectivity index (χ4n) is 4.66. The van der Waals surface area contributed by atoms with Gasteiger partial charge in [-0.05, 0) is 45.1 Å². The Kier molecular flexibility index (Phi) is 24.0. The predicted molar refractivity (Wildman–Crippen MR) is 154 cm³/mol. The highest BCUT2D eigenvalue weighted by atomic mass is 16.4. The summed E-state index contributed by atoms with van der Waals surface area (Å²) in [5.41, 5.74) is 5.60. The molecule has 0 heterocycles. The van der Waals surface area contributed by atoms with Gasteiger partial charge in [-0.3, -0.25) is 19.2 Å². The second-order valence-electron chi connectivity index (χ2n) is 10.9. The van der Waals surface area contributed by atoms with Crippen LogP contribution in [0, 0.1) is 11.8 Å². The minimum Gasteiger partial charge on any atom is -0.481 e. The Bertz CT molecular complexity index is 647. The molecule has 224 valence electrons. The van der Waals surface area contributed by atoms with Crippen molar-refractivity contribution in [2.45, 2.75) is 142 Å². The zero-order chi connectivity index (χ0) is 28.4. The van der Waals surface area contributed by atoms with E-state index < -0.39 is 11.9 Å². The van der Waals surface area contributed by atoms with Crippen LogP contribution in [0.1, 0.15) is 143 Å². The van der Waals surface area contributed by atoms with E-state index >= 15 is 0 Å². The van der Waals surface area contributed by atoms with Crippen LogP contribution >= 0.6 is 0 Å². The number of Topliss-reactive ketones (excluding diaryl/α,β-unsaturated/α-hetero) is 1. The van der Waals surface area contributed by atoms with Crippen LogP contribution < -0.4 is 11.1 Å². The van der Waals surface area contributed by atoms with E-state index in [0.717, 1.165) is 64.2 Å². The first kappa shape index (κ1) is 36.0. The summed E-state index contributed by atoms with van der Waals surface area (Å²) in [6.07, 6.45) is 18.9. The summed E-state index contributed by atoms with van der Waals surface area (Å²) >= 11 is 0. The average Bonchev–Trinajstić information content (AvgIpc) is 2.87. The number of carbonyl (C=O) groups excluding carboxylic acids is 2. The molecule has 0 radical (unpaired) electrons. The van der Waals surface area contributed by atoms with Gasteiger partial charge in [-0.1, -0.05) is 84.0 Å². The molecule has 0 aromatic heterocycles. The quantitative estimate of drug-likeness (QED) is 0.0826. The molecule has 8 heteroatoms. The van der Waals surface area contributed by atoms with Crippen LogP contribution in [-0.2, 0) is 19.2 Å². The monoisotopic (exact) mass is 542 g/mol. The van der Waals surface area contributed by atoms with Gasteiger partial charge in [0.15, 0.2) is 0 Å². The van der Waals surface area contributed by atoms with Crippen LogP contribution in [0.25, 0.3) is 0 Å². The molecular formula is C30H58N2O6. The zero-order valence-electron chi connectivity index (χ0n) is 24.0. The van der Waals surface area contributed by atoms with E-state index in [1.54, 1.807) is 6.92 Å². The second kappa shape index (κ2) is 25.3. The highest BCUT2D eigenvalue weighted by Crippen LogP contribution is 2.17. The van der Waals surface area contributed by atoms with Crippen molar-refractivity contribution in [3.63, 3.8) is 0 Å². The molecule has 0 fully saturated rings. The standard InChI is InChI=1S/C30H56N2O6.H2/c1-25(30(37)38)18-15-17-23-32-29(36)26(19-14-16-22-31)24-27(33)20-12-10-8-6-4-2-3-5-7-9-11-13-21-28(34)35;/h25-26H,2-24,31H2,1H3,(H,32,36)(H,34,35)(H,37,38);1H/t25-,26+;/m0./s1.